The Morgan fingerprint density at radius 1 is 1.40 bits per heavy atom. The molecule has 1 aromatic carbocycles. The number of nitrogens with zero attached hydrogens (tertiary/aromatic N) is 3. The zero-order chi connectivity index (χ0) is 22.1. The SMILES string of the molecule is C[C@H](NC(=O)CN1Cc2c(ccnc2C(F)(F)F)NC1=O)c1ccc(C#N)cc1F. The highest BCUT2D eigenvalue weighted by Crippen LogP contribution is 2.35. The number of nitrogens with one attached hydrogen (secondary N) is 2. The minimum atomic E-state index is -4.72. The molecule has 1 aromatic heterocycles. The van der Waals surface area contributed by atoms with Crippen molar-refractivity contribution < 1.29 is 27.2 Å². The summed E-state index contributed by atoms with van der Waals surface area (Å²) in [6.07, 6.45) is -3.78. The fourth-order valence-corrected chi connectivity index (χ4v) is 3.08. The number of amides is 3. The first kappa shape index (κ1) is 21.0. The van der Waals surface area contributed by atoms with Gasteiger partial charge in [0.1, 0.15) is 12.4 Å². The summed E-state index contributed by atoms with van der Waals surface area (Å²) in [5.74, 6) is -1.38. The first-order valence-electron chi connectivity index (χ1n) is 8.70. The minimum absolute atomic E-state index is 0.0213. The molecule has 7 nitrogen and oxygen atoms in total. The largest absolute Gasteiger partial charge is 0.433 e. The highest BCUT2D eigenvalue weighted by molar-refractivity contribution is 5.95. The number of carbonyl (C=O) groups is 2. The second-order valence-corrected chi connectivity index (χ2v) is 6.61. The summed E-state index contributed by atoms with van der Waals surface area (Å²) in [5, 5.41) is 13.6. The van der Waals surface area contributed by atoms with E-state index in [0.29, 0.717) is 0 Å². The second kappa shape index (κ2) is 7.98. The van der Waals surface area contributed by atoms with Gasteiger partial charge in [-0.15, -0.1) is 0 Å². The van der Waals surface area contributed by atoms with Crippen LogP contribution in [0.1, 0.15) is 35.3 Å². The summed E-state index contributed by atoms with van der Waals surface area (Å²) in [4.78, 5) is 28.7. The predicted molar refractivity (Wildman–Crippen MR) is 96.3 cm³/mol. The molecule has 0 spiro atoms. The van der Waals surface area contributed by atoms with Crippen LogP contribution in [0.15, 0.2) is 30.5 Å². The zero-order valence-electron chi connectivity index (χ0n) is 15.5. The number of nitriles is 1. The second-order valence-electron chi connectivity index (χ2n) is 6.61. The van der Waals surface area contributed by atoms with E-state index in [2.05, 4.69) is 15.6 Å². The number of halogens is 4. The molecule has 0 bridgehead atoms. The molecule has 156 valence electrons. The summed E-state index contributed by atoms with van der Waals surface area (Å²) in [6, 6.07) is 5.27. The Bertz CT molecular complexity index is 1050. The molecule has 11 heteroatoms. The average Bonchev–Trinajstić information content (AvgIpc) is 2.66. The standard InChI is InChI=1S/C19H15F4N5O2/c1-10(12-3-2-11(7-24)6-14(12)20)26-16(29)9-28-8-13-15(27-18(28)30)4-5-25-17(13)19(21,22)23/h2-6,10H,8-9H2,1H3,(H,26,29)(H,27,30)/t10-/m0/s1. The number of aromatic nitrogens is 1. The van der Waals surface area contributed by atoms with Gasteiger partial charge in [-0.3, -0.25) is 9.78 Å². The molecule has 30 heavy (non-hydrogen) atoms. The van der Waals surface area contributed by atoms with E-state index in [9.17, 15) is 27.2 Å². The van der Waals surface area contributed by atoms with Gasteiger partial charge in [-0.2, -0.15) is 18.4 Å². The molecule has 3 amide bonds. The van der Waals surface area contributed by atoms with Crippen LogP contribution in [-0.4, -0.2) is 28.4 Å². The lowest BCUT2D eigenvalue weighted by molar-refractivity contribution is -0.142. The molecule has 0 aliphatic carbocycles. The Hall–Kier alpha value is -3.68. The Kier molecular flexibility index (Phi) is 5.60. The molecule has 0 saturated carbocycles. The molecule has 1 atom stereocenters. The molecule has 0 unspecified atom stereocenters. The third-order valence-electron chi connectivity index (χ3n) is 4.51. The van der Waals surface area contributed by atoms with E-state index in [1.165, 1.54) is 25.1 Å². The monoisotopic (exact) mass is 421 g/mol. The highest BCUT2D eigenvalue weighted by Gasteiger charge is 2.39. The van der Waals surface area contributed by atoms with E-state index in [1.807, 2.05) is 0 Å². The Morgan fingerprint density at radius 2 is 2.13 bits per heavy atom. The van der Waals surface area contributed by atoms with Crippen LogP contribution < -0.4 is 10.6 Å². The van der Waals surface area contributed by atoms with Crippen LogP contribution in [0, 0.1) is 17.1 Å². The molecule has 0 fully saturated rings. The Balaban J connectivity index is 1.72. The Labute approximate surface area is 168 Å². The van der Waals surface area contributed by atoms with Crippen LogP contribution in [0.25, 0.3) is 0 Å². The van der Waals surface area contributed by atoms with Crippen molar-refractivity contribution in [3.05, 3.63) is 58.7 Å². The van der Waals surface area contributed by atoms with Crippen molar-refractivity contribution in [2.24, 2.45) is 0 Å². The van der Waals surface area contributed by atoms with Crippen LogP contribution in [0.2, 0.25) is 0 Å². The molecule has 2 heterocycles. The van der Waals surface area contributed by atoms with Gasteiger partial charge < -0.3 is 15.5 Å². The Morgan fingerprint density at radius 3 is 2.77 bits per heavy atom. The van der Waals surface area contributed by atoms with Gasteiger partial charge in [0.05, 0.1) is 29.9 Å². The van der Waals surface area contributed by atoms with Crippen LogP contribution in [-0.2, 0) is 17.5 Å². The third kappa shape index (κ3) is 4.32. The molecule has 2 aromatic rings. The van der Waals surface area contributed by atoms with Crippen LogP contribution >= 0.6 is 0 Å². The van der Waals surface area contributed by atoms with Gasteiger partial charge in [0.2, 0.25) is 5.91 Å². The maximum absolute atomic E-state index is 14.1. The van der Waals surface area contributed by atoms with Crippen molar-refractivity contribution in [3.8, 4) is 6.07 Å². The van der Waals surface area contributed by atoms with Gasteiger partial charge in [0, 0.05) is 17.3 Å². The van der Waals surface area contributed by atoms with Crippen molar-refractivity contribution in [1.82, 2.24) is 15.2 Å². The number of hydrogen-bond acceptors (Lipinski definition) is 4. The summed E-state index contributed by atoms with van der Waals surface area (Å²) in [6.45, 7) is 0.496. The number of pyridine rings is 1. The van der Waals surface area contributed by atoms with Gasteiger partial charge in [0.25, 0.3) is 0 Å². The number of benzene rings is 1. The smallest absolute Gasteiger partial charge is 0.348 e. The highest BCUT2D eigenvalue weighted by atomic mass is 19.4. The number of alkyl halides is 3. The van der Waals surface area contributed by atoms with Gasteiger partial charge in [-0.25, -0.2) is 9.18 Å². The van der Waals surface area contributed by atoms with E-state index in [1.54, 1.807) is 6.07 Å². The lowest BCUT2D eigenvalue weighted by atomic mass is 10.1. The van der Waals surface area contributed by atoms with Crippen molar-refractivity contribution >= 4 is 17.6 Å². The minimum Gasteiger partial charge on any atom is -0.348 e. The van der Waals surface area contributed by atoms with E-state index >= 15 is 0 Å². The molecule has 2 N–H and O–H groups in total. The van der Waals surface area contributed by atoms with E-state index in [4.69, 9.17) is 5.26 Å². The molecular weight excluding hydrogens is 406 g/mol. The van der Waals surface area contributed by atoms with E-state index in [-0.39, 0.29) is 22.4 Å². The van der Waals surface area contributed by atoms with Gasteiger partial charge in [-0.05, 0) is 25.1 Å². The number of anilines is 1. The number of carbonyl (C=O) groups excluding carboxylic acids is 2. The molecule has 3 rings (SSSR count). The number of fused-ring (bicyclic) bond motifs is 1. The normalized spacial score (nSPS) is 14.4. The van der Waals surface area contributed by atoms with Crippen molar-refractivity contribution in [1.29, 1.82) is 5.26 Å². The van der Waals surface area contributed by atoms with Crippen LogP contribution in [0.5, 0.6) is 0 Å². The molecule has 0 saturated heterocycles. The van der Waals surface area contributed by atoms with Crippen molar-refractivity contribution in [3.63, 3.8) is 0 Å². The van der Waals surface area contributed by atoms with E-state index < -0.39 is 48.8 Å². The first-order chi connectivity index (χ1) is 14.1. The average molecular weight is 421 g/mol. The van der Waals surface area contributed by atoms with Gasteiger partial charge in [-0.1, -0.05) is 6.07 Å². The summed E-state index contributed by atoms with van der Waals surface area (Å²) in [7, 11) is 0. The quantitative estimate of drug-likeness (QED) is 0.740. The first-order valence-corrected chi connectivity index (χ1v) is 8.70. The van der Waals surface area contributed by atoms with Crippen molar-refractivity contribution in [2.75, 3.05) is 11.9 Å². The fourth-order valence-electron chi connectivity index (χ4n) is 3.08. The summed E-state index contributed by atoms with van der Waals surface area (Å²) < 4.78 is 53.6. The van der Waals surface area contributed by atoms with Gasteiger partial charge >= 0.3 is 12.2 Å². The number of urea groups is 1. The maximum atomic E-state index is 14.1. The zero-order valence-corrected chi connectivity index (χ0v) is 15.5. The summed E-state index contributed by atoms with van der Waals surface area (Å²) >= 11 is 0. The van der Waals surface area contributed by atoms with E-state index in [0.717, 1.165) is 17.2 Å². The van der Waals surface area contributed by atoms with Crippen LogP contribution in [0.4, 0.5) is 28.0 Å². The number of rotatable bonds is 4. The maximum Gasteiger partial charge on any atom is 0.433 e. The lowest BCUT2D eigenvalue weighted by Crippen LogP contribution is -2.45. The lowest BCUT2D eigenvalue weighted by Gasteiger charge is -2.30. The molecule has 0 radical (unpaired) electrons. The van der Waals surface area contributed by atoms with Crippen molar-refractivity contribution in [2.45, 2.75) is 25.7 Å². The molecular formula is C19H15F4N5O2. The fraction of sp³-hybridized carbons (Fsp3) is 0.263. The molecule has 1 aliphatic heterocycles. The predicted octanol–water partition coefficient (Wildman–Crippen LogP) is 3.34. The third-order valence-corrected chi connectivity index (χ3v) is 4.51. The van der Waals surface area contributed by atoms with Crippen LogP contribution in [0.3, 0.4) is 0 Å². The molecule has 1 aliphatic rings. The van der Waals surface area contributed by atoms with Gasteiger partial charge in [0.15, 0.2) is 5.69 Å². The summed E-state index contributed by atoms with van der Waals surface area (Å²) in [5.41, 5.74) is -1.17. The topological polar surface area (TPSA) is 98.1 Å². The number of hydrogen-bond donors (Lipinski definition) is 2.